The lowest BCUT2D eigenvalue weighted by molar-refractivity contribution is 0.0735. The predicted molar refractivity (Wildman–Crippen MR) is 124 cm³/mol. The number of hydrogen-bond acceptors (Lipinski definition) is 5. The maximum absolute atomic E-state index is 13.3. The maximum Gasteiger partial charge on any atom is 0.261 e. The number of nitrogens with zero attached hydrogens (tertiary/aromatic N) is 1. The lowest BCUT2D eigenvalue weighted by Gasteiger charge is -2.27. The van der Waals surface area contributed by atoms with Crippen LogP contribution in [0, 0.1) is 0 Å². The van der Waals surface area contributed by atoms with E-state index in [0.29, 0.717) is 36.8 Å². The minimum Gasteiger partial charge on any atom is -0.486 e. The molecule has 0 unspecified atom stereocenters. The van der Waals surface area contributed by atoms with E-state index in [2.05, 4.69) is 4.72 Å². The second-order valence-electron chi connectivity index (χ2n) is 8.06. The molecule has 2 aliphatic rings. The summed E-state index contributed by atoms with van der Waals surface area (Å²) < 4.78 is 39.2. The fraction of sp³-hybridized carbons (Fsp3) is 0.240. The molecule has 1 fully saturated rings. The first-order valence-electron chi connectivity index (χ1n) is 10.9. The number of fused-ring (bicyclic) bond motifs is 1. The molecule has 1 amide bonds. The van der Waals surface area contributed by atoms with Gasteiger partial charge in [0.2, 0.25) is 0 Å². The van der Waals surface area contributed by atoms with Gasteiger partial charge in [-0.25, -0.2) is 8.42 Å². The van der Waals surface area contributed by atoms with E-state index in [1.54, 1.807) is 36.4 Å². The second-order valence-corrected chi connectivity index (χ2v) is 9.74. The van der Waals surface area contributed by atoms with Gasteiger partial charge in [-0.15, -0.1) is 0 Å². The molecule has 2 aliphatic heterocycles. The van der Waals surface area contributed by atoms with E-state index in [-0.39, 0.29) is 16.8 Å². The third-order valence-electron chi connectivity index (χ3n) is 5.90. The Kier molecular flexibility index (Phi) is 5.68. The van der Waals surface area contributed by atoms with Gasteiger partial charge in [-0.2, -0.15) is 0 Å². The van der Waals surface area contributed by atoms with E-state index < -0.39 is 10.0 Å². The van der Waals surface area contributed by atoms with Crippen LogP contribution < -0.4 is 14.2 Å². The van der Waals surface area contributed by atoms with Crippen molar-refractivity contribution in [1.29, 1.82) is 0 Å². The fourth-order valence-corrected chi connectivity index (χ4v) is 5.34. The highest BCUT2D eigenvalue weighted by Gasteiger charge is 2.31. The zero-order valence-corrected chi connectivity index (χ0v) is 18.8. The number of rotatable bonds is 5. The van der Waals surface area contributed by atoms with Crippen molar-refractivity contribution >= 4 is 21.6 Å². The smallest absolute Gasteiger partial charge is 0.261 e. The fourth-order valence-electron chi connectivity index (χ4n) is 4.29. The lowest BCUT2D eigenvalue weighted by Crippen LogP contribution is -2.30. The van der Waals surface area contributed by atoms with E-state index >= 15 is 0 Å². The summed E-state index contributed by atoms with van der Waals surface area (Å²) in [5, 5.41) is 0. The molecule has 8 heteroatoms. The average Bonchev–Trinajstić information content (AvgIpc) is 3.34. The molecule has 5 rings (SSSR count). The Balaban J connectivity index is 1.34. The highest BCUT2D eigenvalue weighted by molar-refractivity contribution is 7.92. The zero-order chi connectivity index (χ0) is 22.8. The number of likely N-dealkylation sites (tertiary alicyclic amines) is 1. The number of hydrogen-bond donors (Lipinski definition) is 1. The second kappa shape index (κ2) is 8.78. The molecule has 1 N–H and O–H groups in total. The molecule has 0 spiro atoms. The molecule has 1 atom stereocenters. The summed E-state index contributed by atoms with van der Waals surface area (Å²) in [5.41, 5.74) is 1.95. The molecule has 0 aliphatic carbocycles. The van der Waals surface area contributed by atoms with Gasteiger partial charge < -0.3 is 14.4 Å². The average molecular weight is 465 g/mol. The van der Waals surface area contributed by atoms with E-state index in [9.17, 15) is 13.2 Å². The summed E-state index contributed by atoms with van der Waals surface area (Å²) in [5.74, 6) is 1.31. The van der Waals surface area contributed by atoms with Gasteiger partial charge in [0.25, 0.3) is 15.9 Å². The Labute approximate surface area is 193 Å². The highest BCUT2D eigenvalue weighted by atomic mass is 32.2. The summed E-state index contributed by atoms with van der Waals surface area (Å²) in [6, 6.07) is 20.5. The summed E-state index contributed by atoms with van der Waals surface area (Å²) >= 11 is 0. The SMILES string of the molecule is O=C(c1ccc(S(=O)(=O)Nc2ccccc2)cc1)N1CCC[C@@H]1c1ccc2c(c1)OCCO2. The number of para-hydroxylation sites is 1. The van der Waals surface area contributed by atoms with E-state index in [1.165, 1.54) is 12.1 Å². The van der Waals surface area contributed by atoms with Crippen LogP contribution in [-0.4, -0.2) is 39.0 Å². The molecule has 0 radical (unpaired) electrons. The van der Waals surface area contributed by atoms with E-state index in [0.717, 1.165) is 24.2 Å². The first kappa shape index (κ1) is 21.3. The summed E-state index contributed by atoms with van der Waals surface area (Å²) in [4.78, 5) is 15.2. The molecule has 33 heavy (non-hydrogen) atoms. The maximum atomic E-state index is 13.3. The quantitative estimate of drug-likeness (QED) is 0.611. The van der Waals surface area contributed by atoms with Gasteiger partial charge in [0.05, 0.1) is 10.9 Å². The molecule has 2 heterocycles. The van der Waals surface area contributed by atoms with Crippen LogP contribution >= 0.6 is 0 Å². The predicted octanol–water partition coefficient (Wildman–Crippen LogP) is 4.24. The van der Waals surface area contributed by atoms with Crippen LogP contribution in [0.5, 0.6) is 11.5 Å². The molecule has 0 bridgehead atoms. The molecule has 0 aromatic heterocycles. The number of sulfonamides is 1. The van der Waals surface area contributed by atoms with Crippen molar-refractivity contribution in [3.05, 3.63) is 83.9 Å². The normalized spacial score (nSPS) is 17.6. The third-order valence-corrected chi connectivity index (χ3v) is 7.30. The van der Waals surface area contributed by atoms with Crippen molar-refractivity contribution in [1.82, 2.24) is 4.90 Å². The minimum absolute atomic E-state index is 0.0588. The number of benzene rings is 3. The Morgan fingerprint density at radius 1 is 0.909 bits per heavy atom. The molecular weight excluding hydrogens is 440 g/mol. The topological polar surface area (TPSA) is 84.9 Å². The van der Waals surface area contributed by atoms with Crippen LogP contribution in [0.15, 0.2) is 77.7 Å². The van der Waals surface area contributed by atoms with Crippen LogP contribution in [0.25, 0.3) is 0 Å². The van der Waals surface area contributed by atoms with Gasteiger partial charge in [-0.3, -0.25) is 9.52 Å². The molecule has 0 saturated carbocycles. The number of anilines is 1. The van der Waals surface area contributed by atoms with E-state index in [4.69, 9.17) is 9.47 Å². The minimum atomic E-state index is -3.74. The summed E-state index contributed by atoms with van der Waals surface area (Å²) in [6.45, 7) is 1.69. The largest absolute Gasteiger partial charge is 0.486 e. The highest BCUT2D eigenvalue weighted by Crippen LogP contribution is 2.38. The Morgan fingerprint density at radius 2 is 1.64 bits per heavy atom. The number of carbonyl (C=O) groups is 1. The summed E-state index contributed by atoms with van der Waals surface area (Å²) in [6.07, 6.45) is 1.76. The van der Waals surface area contributed by atoms with Crippen LogP contribution in [0.1, 0.15) is 34.8 Å². The van der Waals surface area contributed by atoms with Gasteiger partial charge >= 0.3 is 0 Å². The van der Waals surface area contributed by atoms with Crippen LogP contribution in [-0.2, 0) is 10.0 Å². The number of nitrogens with one attached hydrogen (secondary N) is 1. The number of amides is 1. The first-order chi connectivity index (χ1) is 16.0. The van der Waals surface area contributed by atoms with Gasteiger partial charge in [0.15, 0.2) is 11.5 Å². The van der Waals surface area contributed by atoms with Gasteiger partial charge in [0.1, 0.15) is 13.2 Å². The standard InChI is InChI=1S/C25H24N2O5S/c28-25(18-8-11-21(12-9-18)33(29,30)26-20-5-2-1-3-6-20)27-14-4-7-22(27)19-10-13-23-24(17-19)32-16-15-31-23/h1-3,5-6,8-13,17,22,26H,4,7,14-16H2/t22-/m1/s1. The first-order valence-corrected chi connectivity index (χ1v) is 12.4. The number of carbonyl (C=O) groups excluding carboxylic acids is 1. The Hall–Kier alpha value is -3.52. The van der Waals surface area contributed by atoms with Gasteiger partial charge in [-0.1, -0.05) is 24.3 Å². The summed E-state index contributed by atoms with van der Waals surface area (Å²) in [7, 11) is -3.74. The van der Waals surface area contributed by atoms with Crippen LogP contribution in [0.2, 0.25) is 0 Å². The van der Waals surface area contributed by atoms with Crippen LogP contribution in [0.3, 0.4) is 0 Å². The van der Waals surface area contributed by atoms with Gasteiger partial charge in [0, 0.05) is 17.8 Å². The molecule has 7 nitrogen and oxygen atoms in total. The van der Waals surface area contributed by atoms with Crippen molar-refractivity contribution in [2.24, 2.45) is 0 Å². The third kappa shape index (κ3) is 4.39. The monoisotopic (exact) mass is 464 g/mol. The molecular formula is C25H24N2O5S. The van der Waals surface area contributed by atoms with E-state index in [1.807, 2.05) is 29.2 Å². The molecule has 1 saturated heterocycles. The lowest BCUT2D eigenvalue weighted by atomic mass is 10.0. The van der Waals surface area contributed by atoms with Crippen molar-refractivity contribution in [2.75, 3.05) is 24.5 Å². The van der Waals surface area contributed by atoms with Gasteiger partial charge in [-0.05, 0) is 66.9 Å². The van der Waals surface area contributed by atoms with Crippen molar-refractivity contribution in [2.45, 2.75) is 23.8 Å². The van der Waals surface area contributed by atoms with Crippen molar-refractivity contribution in [3.8, 4) is 11.5 Å². The molecule has 3 aromatic rings. The number of ether oxygens (including phenoxy) is 2. The Morgan fingerprint density at radius 3 is 2.39 bits per heavy atom. The zero-order valence-electron chi connectivity index (χ0n) is 17.9. The molecule has 3 aromatic carbocycles. The van der Waals surface area contributed by atoms with Crippen molar-refractivity contribution < 1.29 is 22.7 Å². The van der Waals surface area contributed by atoms with Crippen LogP contribution in [0.4, 0.5) is 5.69 Å². The molecule has 170 valence electrons. The Bertz CT molecular complexity index is 1260. The van der Waals surface area contributed by atoms with Crippen molar-refractivity contribution in [3.63, 3.8) is 0 Å².